The number of aryl methyl sites for hydroxylation is 1. The second kappa shape index (κ2) is 9.49. The van der Waals surface area contributed by atoms with Crippen LogP contribution in [0.1, 0.15) is 44.6 Å². The van der Waals surface area contributed by atoms with Gasteiger partial charge in [0.1, 0.15) is 6.17 Å². The third-order valence-corrected chi connectivity index (χ3v) is 3.91. The summed E-state index contributed by atoms with van der Waals surface area (Å²) in [7, 11) is 0. The Balaban J connectivity index is 2.57. The number of benzene rings is 1. The van der Waals surface area contributed by atoms with E-state index in [9.17, 15) is 4.79 Å². The van der Waals surface area contributed by atoms with E-state index in [0.29, 0.717) is 6.42 Å². The van der Waals surface area contributed by atoms with Crippen molar-refractivity contribution in [3.05, 3.63) is 29.8 Å². The third kappa shape index (κ3) is 7.57. The highest BCUT2D eigenvalue weighted by Gasteiger charge is 2.33. The van der Waals surface area contributed by atoms with Crippen molar-refractivity contribution in [1.82, 2.24) is 5.32 Å². The van der Waals surface area contributed by atoms with Crippen molar-refractivity contribution >= 4 is 46.4 Å². The molecule has 1 rings (SSSR count). The molecule has 0 heterocycles. The van der Waals surface area contributed by atoms with Gasteiger partial charge in [0, 0.05) is 12.1 Å². The van der Waals surface area contributed by atoms with Gasteiger partial charge in [0.05, 0.1) is 0 Å². The first kappa shape index (κ1) is 19.4. The summed E-state index contributed by atoms with van der Waals surface area (Å²) >= 11 is 17.9. The van der Waals surface area contributed by atoms with Gasteiger partial charge in [-0.25, -0.2) is 0 Å². The second-order valence-corrected chi connectivity index (χ2v) is 7.73. The van der Waals surface area contributed by atoms with Crippen molar-refractivity contribution in [3.8, 4) is 0 Å². The molecule has 6 heteroatoms. The highest BCUT2D eigenvalue weighted by atomic mass is 35.6. The molecule has 1 aromatic rings. The van der Waals surface area contributed by atoms with Crippen LogP contribution in [0.3, 0.4) is 0 Å². The lowest BCUT2D eigenvalue weighted by Crippen LogP contribution is -2.49. The van der Waals surface area contributed by atoms with E-state index in [1.165, 1.54) is 0 Å². The Hall–Kier alpha value is -0.640. The summed E-state index contributed by atoms with van der Waals surface area (Å²) in [6.45, 7) is 4.12. The molecule has 124 valence electrons. The number of hydrogen-bond donors (Lipinski definition) is 2. The normalized spacial score (nSPS) is 12.8. The van der Waals surface area contributed by atoms with Gasteiger partial charge in [0.15, 0.2) is 0 Å². The van der Waals surface area contributed by atoms with Crippen LogP contribution in [0.2, 0.25) is 0 Å². The van der Waals surface area contributed by atoms with Gasteiger partial charge in [-0.3, -0.25) is 4.79 Å². The summed E-state index contributed by atoms with van der Waals surface area (Å²) in [5.41, 5.74) is 1.92. The molecular weight excluding hydrogens is 343 g/mol. The number of rotatable bonds is 8. The molecule has 0 spiro atoms. The number of halogens is 3. The van der Waals surface area contributed by atoms with Crippen LogP contribution in [-0.4, -0.2) is 15.9 Å². The number of amides is 1. The molecule has 1 aromatic carbocycles. The van der Waals surface area contributed by atoms with Gasteiger partial charge in [0.2, 0.25) is 9.70 Å². The monoisotopic (exact) mass is 364 g/mol. The molecule has 2 N–H and O–H groups in total. The van der Waals surface area contributed by atoms with Crippen molar-refractivity contribution in [2.75, 3.05) is 5.32 Å². The largest absolute Gasteiger partial charge is 0.362 e. The van der Waals surface area contributed by atoms with Crippen LogP contribution in [-0.2, 0) is 4.79 Å². The second-order valence-electron chi connectivity index (χ2n) is 5.36. The van der Waals surface area contributed by atoms with E-state index in [1.54, 1.807) is 0 Å². The molecule has 22 heavy (non-hydrogen) atoms. The molecule has 1 atom stereocenters. The molecule has 0 aliphatic rings. The van der Waals surface area contributed by atoms with Gasteiger partial charge >= 0.3 is 0 Å². The van der Waals surface area contributed by atoms with Gasteiger partial charge in [-0.05, 0) is 25.5 Å². The van der Waals surface area contributed by atoms with Gasteiger partial charge in [-0.1, -0.05) is 78.7 Å². The van der Waals surface area contributed by atoms with E-state index in [-0.39, 0.29) is 5.91 Å². The van der Waals surface area contributed by atoms with E-state index >= 15 is 0 Å². The van der Waals surface area contributed by atoms with E-state index in [2.05, 4.69) is 17.6 Å². The first-order valence-corrected chi connectivity index (χ1v) is 8.65. The maximum absolute atomic E-state index is 12.0. The number of alkyl halides is 3. The molecule has 1 amide bonds. The zero-order valence-electron chi connectivity index (χ0n) is 13.0. The minimum atomic E-state index is -1.63. The summed E-state index contributed by atoms with van der Waals surface area (Å²) < 4.78 is -1.63. The van der Waals surface area contributed by atoms with Crippen molar-refractivity contribution in [2.24, 2.45) is 0 Å². The Labute approximate surface area is 147 Å². The Kier molecular flexibility index (Phi) is 8.37. The minimum absolute atomic E-state index is 0.118. The fraction of sp³-hybridized carbons (Fsp3) is 0.562. The topological polar surface area (TPSA) is 41.1 Å². The third-order valence-electron chi connectivity index (χ3n) is 3.25. The molecular formula is C16H23Cl3N2O. The fourth-order valence-electron chi connectivity index (χ4n) is 1.96. The highest BCUT2D eigenvalue weighted by Crippen LogP contribution is 2.31. The quantitative estimate of drug-likeness (QED) is 0.378. The van der Waals surface area contributed by atoms with E-state index in [4.69, 9.17) is 34.8 Å². The lowest BCUT2D eigenvalue weighted by molar-refractivity contribution is -0.121. The minimum Gasteiger partial charge on any atom is -0.362 e. The number of unbranched alkanes of at least 4 members (excludes halogenated alkanes) is 3. The molecule has 0 saturated heterocycles. The Morgan fingerprint density at radius 2 is 1.77 bits per heavy atom. The standard InChI is InChI=1S/C16H23Cl3N2O/c1-3-4-5-6-7-14(22)21-15(16(17,18)19)20-13-10-8-12(2)9-11-13/h8-11,15,20H,3-7H2,1-2H3,(H,21,22)/t15-/m1/s1. The zero-order valence-corrected chi connectivity index (χ0v) is 15.2. The Morgan fingerprint density at radius 3 is 2.32 bits per heavy atom. The summed E-state index contributed by atoms with van der Waals surface area (Å²) in [4.78, 5) is 12.0. The number of anilines is 1. The van der Waals surface area contributed by atoms with Gasteiger partial charge < -0.3 is 10.6 Å². The average molecular weight is 366 g/mol. The maximum atomic E-state index is 12.0. The van der Waals surface area contributed by atoms with Crippen LogP contribution >= 0.6 is 34.8 Å². The van der Waals surface area contributed by atoms with Crippen molar-refractivity contribution in [1.29, 1.82) is 0 Å². The zero-order chi connectivity index (χ0) is 16.6. The van der Waals surface area contributed by atoms with Gasteiger partial charge in [-0.15, -0.1) is 0 Å². The van der Waals surface area contributed by atoms with Crippen LogP contribution in [0.4, 0.5) is 5.69 Å². The lowest BCUT2D eigenvalue weighted by Gasteiger charge is -2.27. The summed E-state index contributed by atoms with van der Waals surface area (Å²) in [6.07, 6.45) is 3.80. The highest BCUT2D eigenvalue weighted by molar-refractivity contribution is 6.68. The smallest absolute Gasteiger partial charge is 0.228 e. The number of carbonyl (C=O) groups is 1. The fourth-order valence-corrected chi connectivity index (χ4v) is 2.29. The summed E-state index contributed by atoms with van der Waals surface area (Å²) in [5, 5.41) is 5.80. The van der Waals surface area contributed by atoms with Crippen LogP contribution in [0, 0.1) is 6.92 Å². The van der Waals surface area contributed by atoms with Gasteiger partial charge in [-0.2, -0.15) is 0 Å². The Bertz CT molecular complexity index is 457. The first-order valence-electron chi connectivity index (χ1n) is 7.52. The van der Waals surface area contributed by atoms with Crippen LogP contribution < -0.4 is 10.6 Å². The van der Waals surface area contributed by atoms with Gasteiger partial charge in [0.25, 0.3) is 0 Å². The molecule has 0 bridgehead atoms. The predicted molar refractivity (Wildman–Crippen MR) is 95.8 cm³/mol. The molecule has 0 radical (unpaired) electrons. The summed E-state index contributed by atoms with van der Waals surface area (Å²) in [6, 6.07) is 7.66. The number of nitrogens with one attached hydrogen (secondary N) is 2. The molecule has 0 unspecified atom stereocenters. The van der Waals surface area contributed by atoms with Crippen LogP contribution in [0.15, 0.2) is 24.3 Å². The molecule has 0 fully saturated rings. The predicted octanol–water partition coefficient (Wildman–Crippen LogP) is 5.19. The number of hydrogen-bond acceptors (Lipinski definition) is 2. The maximum Gasteiger partial charge on any atom is 0.228 e. The Morgan fingerprint density at radius 1 is 1.14 bits per heavy atom. The van der Waals surface area contributed by atoms with E-state index in [0.717, 1.165) is 36.9 Å². The molecule has 0 saturated carbocycles. The summed E-state index contributed by atoms with van der Waals surface area (Å²) in [5.74, 6) is -0.118. The molecule has 0 aliphatic carbocycles. The first-order chi connectivity index (χ1) is 10.3. The van der Waals surface area contributed by atoms with Crippen molar-refractivity contribution in [2.45, 2.75) is 55.9 Å². The lowest BCUT2D eigenvalue weighted by atomic mass is 10.1. The van der Waals surface area contributed by atoms with Crippen LogP contribution in [0.5, 0.6) is 0 Å². The molecule has 0 aliphatic heterocycles. The number of carbonyl (C=O) groups excluding carboxylic acids is 1. The van der Waals surface area contributed by atoms with E-state index in [1.807, 2.05) is 31.2 Å². The van der Waals surface area contributed by atoms with Crippen LogP contribution in [0.25, 0.3) is 0 Å². The molecule has 0 aromatic heterocycles. The average Bonchev–Trinajstić information content (AvgIpc) is 2.44. The SMILES string of the molecule is CCCCCCC(=O)N[C@@H](Nc1ccc(C)cc1)C(Cl)(Cl)Cl. The van der Waals surface area contributed by atoms with Crippen molar-refractivity contribution in [3.63, 3.8) is 0 Å². The van der Waals surface area contributed by atoms with Crippen molar-refractivity contribution < 1.29 is 4.79 Å². The van der Waals surface area contributed by atoms with E-state index < -0.39 is 9.96 Å². The molecule has 3 nitrogen and oxygen atoms in total.